The minimum atomic E-state index is 1.11. The van der Waals surface area contributed by atoms with Gasteiger partial charge in [-0.05, 0) is 103 Å². The van der Waals surface area contributed by atoms with E-state index in [1.165, 1.54) is 65.7 Å². The highest BCUT2D eigenvalue weighted by Gasteiger charge is 2.18. The van der Waals surface area contributed by atoms with Crippen molar-refractivity contribution in [1.29, 1.82) is 0 Å². The fraction of sp³-hybridized carbons (Fsp3) is 0. The Morgan fingerprint density at radius 2 is 0.776 bits per heavy atom. The first kappa shape index (κ1) is 28.8. The minimum absolute atomic E-state index is 1.11. The Balaban J connectivity index is 1.18. The van der Waals surface area contributed by atoms with Gasteiger partial charge in [0.15, 0.2) is 0 Å². The molecule has 0 spiro atoms. The molecule has 0 aliphatic carbocycles. The zero-order valence-electron chi connectivity index (χ0n) is 27.0. The van der Waals surface area contributed by atoms with Crippen LogP contribution in [-0.2, 0) is 0 Å². The van der Waals surface area contributed by atoms with Gasteiger partial charge in [0.1, 0.15) is 0 Å². The summed E-state index contributed by atoms with van der Waals surface area (Å²) in [7, 11) is 0. The molecule has 9 aromatic carbocycles. The molecule has 0 bridgehead atoms. The smallest absolute Gasteiger partial charge is 0.0540 e. The summed E-state index contributed by atoms with van der Waals surface area (Å²) in [5.41, 5.74) is 10.5. The molecule has 230 valence electrons. The summed E-state index contributed by atoms with van der Waals surface area (Å²) in [6, 6.07) is 72.4. The molecule has 1 nitrogen and oxygen atoms in total. The summed E-state index contributed by atoms with van der Waals surface area (Å²) < 4.78 is 0. The first-order valence-electron chi connectivity index (χ1n) is 16.8. The van der Waals surface area contributed by atoms with Gasteiger partial charge in [0.25, 0.3) is 0 Å². The second-order valence-electron chi connectivity index (χ2n) is 12.6. The molecular formula is C48H33N. The van der Waals surface area contributed by atoms with E-state index in [2.05, 4.69) is 205 Å². The fourth-order valence-corrected chi connectivity index (χ4v) is 7.20. The topological polar surface area (TPSA) is 3.24 Å². The molecule has 0 fully saturated rings. The Bertz CT molecular complexity index is 2570. The Morgan fingerprint density at radius 3 is 1.51 bits per heavy atom. The van der Waals surface area contributed by atoms with Crippen molar-refractivity contribution in [3.63, 3.8) is 0 Å². The third-order valence-electron chi connectivity index (χ3n) is 9.63. The van der Waals surface area contributed by atoms with Crippen molar-refractivity contribution in [3.8, 4) is 33.4 Å². The Labute approximate surface area is 287 Å². The van der Waals surface area contributed by atoms with Crippen molar-refractivity contribution in [2.75, 3.05) is 4.90 Å². The number of nitrogens with zero attached hydrogens (tertiary/aromatic N) is 1. The van der Waals surface area contributed by atoms with E-state index in [0.717, 1.165) is 17.1 Å². The van der Waals surface area contributed by atoms with Crippen LogP contribution in [0.5, 0.6) is 0 Å². The summed E-state index contributed by atoms with van der Waals surface area (Å²) in [6.45, 7) is 0. The van der Waals surface area contributed by atoms with Crippen LogP contribution in [0.1, 0.15) is 0 Å². The SMILES string of the molecule is c1ccc(-c2ccc(N(c3ccccc3)c3ccc(-c4ccc5ccc6ccc7ccccc7c6c5c4)cc3)c(-c3ccccc3)c2)cc1. The number of hydrogen-bond acceptors (Lipinski definition) is 1. The zero-order chi connectivity index (χ0) is 32.6. The lowest BCUT2D eigenvalue weighted by molar-refractivity contribution is 1.28. The predicted molar refractivity (Wildman–Crippen MR) is 210 cm³/mol. The monoisotopic (exact) mass is 623 g/mol. The van der Waals surface area contributed by atoms with Crippen molar-refractivity contribution in [2.24, 2.45) is 0 Å². The van der Waals surface area contributed by atoms with E-state index in [9.17, 15) is 0 Å². The normalized spacial score (nSPS) is 11.3. The molecule has 9 aromatic rings. The Kier molecular flexibility index (Phi) is 7.22. The molecule has 0 aliphatic rings. The molecule has 0 aliphatic heterocycles. The second-order valence-corrected chi connectivity index (χ2v) is 12.6. The molecule has 0 unspecified atom stereocenters. The van der Waals surface area contributed by atoms with Crippen LogP contribution in [0.25, 0.3) is 65.7 Å². The third kappa shape index (κ3) is 5.32. The molecule has 49 heavy (non-hydrogen) atoms. The average Bonchev–Trinajstić information content (AvgIpc) is 3.19. The lowest BCUT2D eigenvalue weighted by Gasteiger charge is -2.28. The quantitative estimate of drug-likeness (QED) is 0.167. The van der Waals surface area contributed by atoms with Crippen molar-refractivity contribution < 1.29 is 0 Å². The summed E-state index contributed by atoms with van der Waals surface area (Å²) in [5, 5.41) is 7.69. The molecule has 0 heterocycles. The molecule has 9 rings (SSSR count). The van der Waals surface area contributed by atoms with E-state index in [1.54, 1.807) is 0 Å². The zero-order valence-corrected chi connectivity index (χ0v) is 27.0. The number of benzene rings is 9. The number of rotatable bonds is 6. The van der Waals surface area contributed by atoms with Gasteiger partial charge in [-0.25, -0.2) is 0 Å². The molecule has 0 radical (unpaired) electrons. The standard InChI is InChI=1S/C48H33N/c1-4-12-34(13-5-1)41-28-31-47(45(32-41)36-14-6-2-7-15-36)49(42-17-8-3-9-18-42)43-29-26-35(27-30-43)40-25-22-38-21-24-39-23-20-37-16-10-11-19-44(37)48(39)46(38)33-40/h1-33H. The molecule has 0 saturated carbocycles. The summed E-state index contributed by atoms with van der Waals surface area (Å²) in [4.78, 5) is 2.38. The van der Waals surface area contributed by atoms with Crippen LogP contribution in [-0.4, -0.2) is 0 Å². The van der Waals surface area contributed by atoms with Gasteiger partial charge < -0.3 is 4.90 Å². The number of hydrogen-bond donors (Lipinski definition) is 0. The lowest BCUT2D eigenvalue weighted by Crippen LogP contribution is -2.11. The van der Waals surface area contributed by atoms with E-state index in [4.69, 9.17) is 0 Å². The van der Waals surface area contributed by atoms with Crippen molar-refractivity contribution in [1.82, 2.24) is 0 Å². The summed E-state index contributed by atoms with van der Waals surface area (Å²) in [6.07, 6.45) is 0. The van der Waals surface area contributed by atoms with Crippen LogP contribution in [0.3, 0.4) is 0 Å². The van der Waals surface area contributed by atoms with Gasteiger partial charge in [-0.3, -0.25) is 0 Å². The Morgan fingerprint density at radius 1 is 0.286 bits per heavy atom. The highest BCUT2D eigenvalue weighted by Crippen LogP contribution is 2.43. The van der Waals surface area contributed by atoms with E-state index in [-0.39, 0.29) is 0 Å². The van der Waals surface area contributed by atoms with Gasteiger partial charge in [-0.15, -0.1) is 0 Å². The van der Waals surface area contributed by atoms with Gasteiger partial charge in [-0.1, -0.05) is 158 Å². The van der Waals surface area contributed by atoms with Gasteiger partial charge in [0.05, 0.1) is 5.69 Å². The predicted octanol–water partition coefficient (Wildman–Crippen LogP) is 13.6. The molecule has 0 saturated heterocycles. The third-order valence-corrected chi connectivity index (χ3v) is 9.63. The van der Waals surface area contributed by atoms with Crippen LogP contribution in [0.15, 0.2) is 200 Å². The van der Waals surface area contributed by atoms with Crippen molar-refractivity contribution in [2.45, 2.75) is 0 Å². The van der Waals surface area contributed by atoms with Crippen molar-refractivity contribution >= 4 is 49.4 Å². The van der Waals surface area contributed by atoms with Crippen LogP contribution < -0.4 is 4.90 Å². The first-order chi connectivity index (χ1) is 24.3. The minimum Gasteiger partial charge on any atom is -0.310 e. The van der Waals surface area contributed by atoms with Gasteiger partial charge >= 0.3 is 0 Å². The van der Waals surface area contributed by atoms with E-state index < -0.39 is 0 Å². The van der Waals surface area contributed by atoms with Gasteiger partial charge in [0.2, 0.25) is 0 Å². The molecule has 0 N–H and O–H groups in total. The highest BCUT2D eigenvalue weighted by atomic mass is 15.1. The van der Waals surface area contributed by atoms with Gasteiger partial charge in [0, 0.05) is 16.9 Å². The maximum Gasteiger partial charge on any atom is 0.0540 e. The molecule has 1 heteroatoms. The van der Waals surface area contributed by atoms with E-state index >= 15 is 0 Å². The van der Waals surface area contributed by atoms with Crippen molar-refractivity contribution in [3.05, 3.63) is 200 Å². The van der Waals surface area contributed by atoms with Crippen LogP contribution >= 0.6 is 0 Å². The average molecular weight is 624 g/mol. The highest BCUT2D eigenvalue weighted by molar-refractivity contribution is 6.20. The number of anilines is 3. The first-order valence-corrected chi connectivity index (χ1v) is 16.8. The van der Waals surface area contributed by atoms with Gasteiger partial charge in [-0.2, -0.15) is 0 Å². The molecular weight excluding hydrogens is 591 g/mol. The largest absolute Gasteiger partial charge is 0.310 e. The maximum absolute atomic E-state index is 2.38. The maximum atomic E-state index is 2.38. The summed E-state index contributed by atoms with van der Waals surface area (Å²) >= 11 is 0. The van der Waals surface area contributed by atoms with E-state index in [1.807, 2.05) is 0 Å². The molecule has 0 amide bonds. The van der Waals surface area contributed by atoms with E-state index in [0.29, 0.717) is 0 Å². The number of fused-ring (bicyclic) bond motifs is 5. The lowest BCUT2D eigenvalue weighted by atomic mass is 9.94. The van der Waals surface area contributed by atoms with Crippen LogP contribution in [0.4, 0.5) is 17.1 Å². The fourth-order valence-electron chi connectivity index (χ4n) is 7.20. The number of para-hydroxylation sites is 1. The summed E-state index contributed by atoms with van der Waals surface area (Å²) in [5.74, 6) is 0. The molecule has 0 atom stereocenters. The second kappa shape index (κ2) is 12.3. The molecule has 0 aromatic heterocycles. The Hall–Kier alpha value is -6.44. The van der Waals surface area contributed by atoms with Crippen LogP contribution in [0.2, 0.25) is 0 Å². The van der Waals surface area contributed by atoms with Crippen LogP contribution in [0, 0.1) is 0 Å².